The molecule has 0 saturated heterocycles. The van der Waals surface area contributed by atoms with Gasteiger partial charge in [-0.2, -0.15) is 5.10 Å². The van der Waals surface area contributed by atoms with Gasteiger partial charge in [-0.05, 0) is 74.6 Å². The lowest BCUT2D eigenvalue weighted by atomic mass is 10.0. The molecule has 1 atom stereocenters. The van der Waals surface area contributed by atoms with Crippen LogP contribution in [0.15, 0.2) is 53.5 Å². The molecule has 0 bridgehead atoms. The third kappa shape index (κ3) is 5.98. The lowest BCUT2D eigenvalue weighted by Gasteiger charge is -2.20. The Labute approximate surface area is 253 Å². The second-order valence-corrected chi connectivity index (χ2v) is 13.4. The third-order valence-electron chi connectivity index (χ3n) is 7.50. The van der Waals surface area contributed by atoms with E-state index in [2.05, 4.69) is 10.3 Å². The highest BCUT2D eigenvalue weighted by molar-refractivity contribution is 7.89. The monoisotopic (exact) mass is 619 g/mol. The molecule has 1 aliphatic carbocycles. The molecule has 43 heavy (non-hydrogen) atoms. The van der Waals surface area contributed by atoms with Crippen molar-refractivity contribution in [3.63, 3.8) is 0 Å². The highest BCUT2D eigenvalue weighted by Crippen LogP contribution is 2.32. The molecule has 0 spiro atoms. The highest BCUT2D eigenvalue weighted by atomic mass is 35.5. The van der Waals surface area contributed by atoms with Gasteiger partial charge in [0.15, 0.2) is 5.69 Å². The van der Waals surface area contributed by atoms with Crippen molar-refractivity contribution in [2.45, 2.75) is 39.3 Å². The van der Waals surface area contributed by atoms with Gasteiger partial charge in [0.05, 0.1) is 34.4 Å². The first-order chi connectivity index (χ1) is 20.4. The van der Waals surface area contributed by atoms with Crippen LogP contribution in [0.25, 0.3) is 33.2 Å². The molecule has 0 unspecified atom stereocenters. The summed E-state index contributed by atoms with van der Waals surface area (Å²) >= 11 is 6.03. The van der Waals surface area contributed by atoms with Crippen LogP contribution in [-0.4, -0.2) is 44.9 Å². The molecule has 1 saturated carbocycles. The highest BCUT2D eigenvalue weighted by Gasteiger charge is 2.23. The van der Waals surface area contributed by atoms with Gasteiger partial charge in [0, 0.05) is 36.3 Å². The second kappa shape index (κ2) is 10.8. The van der Waals surface area contributed by atoms with Crippen molar-refractivity contribution in [1.29, 1.82) is 0 Å². The summed E-state index contributed by atoms with van der Waals surface area (Å²) in [7, 11) is -2.13. The number of rotatable bonds is 8. The number of aromatic nitrogens is 5. The fourth-order valence-corrected chi connectivity index (χ4v) is 5.85. The topological polar surface area (TPSA) is 141 Å². The van der Waals surface area contributed by atoms with Crippen molar-refractivity contribution in [1.82, 2.24) is 29.0 Å². The molecule has 1 fully saturated rings. The summed E-state index contributed by atoms with van der Waals surface area (Å²) < 4.78 is 28.9. The Bertz CT molecular complexity index is 2100. The Morgan fingerprint density at radius 3 is 2.63 bits per heavy atom. The standard InChI is InChI=1S/C30H30ClN7O4S/c1-16-11-21(17(2)32-24-9-10-25(31)33-27(24)29(39)36-43(4,41)42)26-22(12-16)30(40)37(3)28(34-26)19-7-8-23-20(13-19)15-38(35-23)14-18-5-6-18/h7-13,15,17-18,32H,5-6,14H2,1-4H3,(H,36,39)/t17-/m1/s1. The average molecular weight is 620 g/mol. The first-order valence-electron chi connectivity index (χ1n) is 13.8. The van der Waals surface area contributed by atoms with Crippen molar-refractivity contribution in [3.8, 4) is 11.4 Å². The van der Waals surface area contributed by atoms with Crippen LogP contribution >= 0.6 is 11.6 Å². The van der Waals surface area contributed by atoms with Crippen molar-refractivity contribution in [2.75, 3.05) is 11.6 Å². The fourth-order valence-electron chi connectivity index (χ4n) is 5.27. The first kappa shape index (κ1) is 28.8. The van der Waals surface area contributed by atoms with Crippen LogP contribution in [0.4, 0.5) is 5.69 Å². The maximum Gasteiger partial charge on any atom is 0.285 e. The quantitative estimate of drug-likeness (QED) is 0.241. The second-order valence-electron chi connectivity index (χ2n) is 11.2. The fraction of sp³-hybridized carbons (Fsp3) is 0.300. The number of hydrogen-bond donors (Lipinski definition) is 2. The number of carbonyl (C=O) groups is 1. The minimum Gasteiger partial charge on any atom is -0.377 e. The van der Waals surface area contributed by atoms with Crippen molar-refractivity contribution in [2.24, 2.45) is 13.0 Å². The zero-order chi connectivity index (χ0) is 30.6. The predicted molar refractivity (Wildman–Crippen MR) is 167 cm³/mol. The number of hydrogen-bond acceptors (Lipinski definition) is 8. The van der Waals surface area contributed by atoms with Crippen LogP contribution in [0.3, 0.4) is 0 Å². The van der Waals surface area contributed by atoms with E-state index in [4.69, 9.17) is 21.7 Å². The number of nitrogens with zero attached hydrogens (tertiary/aromatic N) is 5. The number of carbonyl (C=O) groups excluding carboxylic acids is 1. The van der Waals surface area contributed by atoms with Gasteiger partial charge >= 0.3 is 0 Å². The van der Waals surface area contributed by atoms with Gasteiger partial charge in [0.2, 0.25) is 10.0 Å². The van der Waals surface area contributed by atoms with E-state index in [-0.39, 0.29) is 22.1 Å². The van der Waals surface area contributed by atoms with Crippen molar-refractivity contribution in [3.05, 3.63) is 81.0 Å². The molecule has 222 valence electrons. The van der Waals surface area contributed by atoms with E-state index in [1.165, 1.54) is 18.9 Å². The molecule has 2 aromatic carbocycles. The van der Waals surface area contributed by atoms with E-state index in [0.29, 0.717) is 22.6 Å². The molecule has 2 N–H and O–H groups in total. The van der Waals surface area contributed by atoms with E-state index in [1.54, 1.807) is 17.7 Å². The van der Waals surface area contributed by atoms with Gasteiger partial charge in [0.1, 0.15) is 11.0 Å². The third-order valence-corrected chi connectivity index (χ3v) is 8.27. The Hall–Kier alpha value is -4.29. The number of fused-ring (bicyclic) bond motifs is 2. The molecule has 6 rings (SSSR count). The number of amides is 1. The Kier molecular flexibility index (Phi) is 7.21. The van der Waals surface area contributed by atoms with E-state index in [1.807, 2.05) is 59.8 Å². The molecule has 3 heterocycles. The molecular formula is C30H30ClN7O4S. The zero-order valence-electron chi connectivity index (χ0n) is 24.1. The summed E-state index contributed by atoms with van der Waals surface area (Å²) in [5.41, 5.74) is 3.66. The summed E-state index contributed by atoms with van der Waals surface area (Å²) in [5, 5.41) is 9.40. The normalized spacial score (nSPS) is 14.3. The molecule has 0 radical (unpaired) electrons. The average Bonchev–Trinajstić information content (AvgIpc) is 3.66. The van der Waals surface area contributed by atoms with Gasteiger partial charge in [-0.25, -0.2) is 23.1 Å². The zero-order valence-corrected chi connectivity index (χ0v) is 25.6. The maximum absolute atomic E-state index is 13.7. The van der Waals surface area contributed by atoms with Crippen molar-refractivity contribution < 1.29 is 13.2 Å². The first-order valence-corrected chi connectivity index (χ1v) is 16.1. The minimum atomic E-state index is -3.83. The summed E-state index contributed by atoms with van der Waals surface area (Å²) in [6.07, 6.45) is 5.40. The summed E-state index contributed by atoms with van der Waals surface area (Å²) in [6, 6.07) is 12.2. The lowest BCUT2D eigenvalue weighted by Crippen LogP contribution is -2.31. The number of nitrogens with one attached hydrogen (secondary N) is 2. The molecule has 11 nitrogen and oxygen atoms in total. The number of aryl methyl sites for hydroxylation is 1. The molecule has 13 heteroatoms. The SMILES string of the molecule is Cc1cc([C@@H](C)Nc2ccc(Cl)nc2C(=O)NS(C)(=O)=O)c2nc(-c3ccc4nn(CC5CC5)cc4c3)n(C)c(=O)c2c1. The van der Waals surface area contributed by atoms with Gasteiger partial charge in [-0.15, -0.1) is 0 Å². The van der Waals surface area contributed by atoms with E-state index >= 15 is 0 Å². The van der Waals surface area contributed by atoms with Crippen LogP contribution in [-0.2, 0) is 23.6 Å². The molecule has 0 aliphatic heterocycles. The van der Waals surface area contributed by atoms with Gasteiger partial charge < -0.3 is 5.32 Å². The largest absolute Gasteiger partial charge is 0.377 e. The summed E-state index contributed by atoms with van der Waals surface area (Å²) in [6.45, 7) is 4.66. The van der Waals surface area contributed by atoms with Gasteiger partial charge in [0.25, 0.3) is 11.5 Å². The Balaban J connectivity index is 1.42. The number of sulfonamides is 1. The minimum absolute atomic E-state index is 0.0303. The van der Waals surface area contributed by atoms with Crippen LogP contribution in [0.1, 0.15) is 47.4 Å². The summed E-state index contributed by atoms with van der Waals surface area (Å²) in [4.78, 5) is 35.5. The summed E-state index contributed by atoms with van der Waals surface area (Å²) in [5.74, 6) is 0.287. The maximum atomic E-state index is 13.7. The number of pyridine rings is 1. The van der Waals surface area contributed by atoms with E-state index in [9.17, 15) is 18.0 Å². The molecule has 5 aromatic rings. The number of halogens is 1. The van der Waals surface area contributed by atoms with Gasteiger partial charge in [-0.3, -0.25) is 18.8 Å². The molecular weight excluding hydrogens is 590 g/mol. The molecule has 3 aromatic heterocycles. The van der Waals surface area contributed by atoms with Crippen molar-refractivity contribution >= 4 is 55.0 Å². The smallest absolute Gasteiger partial charge is 0.285 e. The van der Waals surface area contributed by atoms with Crippen LogP contribution in [0, 0.1) is 12.8 Å². The number of benzene rings is 2. The molecule has 1 amide bonds. The van der Waals surface area contributed by atoms with Crippen LogP contribution < -0.4 is 15.6 Å². The van der Waals surface area contributed by atoms with Gasteiger partial charge in [-0.1, -0.05) is 17.7 Å². The Morgan fingerprint density at radius 1 is 1.14 bits per heavy atom. The number of anilines is 1. The lowest BCUT2D eigenvalue weighted by molar-refractivity contribution is 0.0977. The predicted octanol–water partition coefficient (Wildman–Crippen LogP) is 4.58. The van der Waals surface area contributed by atoms with Crippen LogP contribution in [0.5, 0.6) is 0 Å². The Morgan fingerprint density at radius 2 is 1.91 bits per heavy atom. The van der Waals surface area contributed by atoms with E-state index in [0.717, 1.165) is 40.4 Å². The molecule has 1 aliphatic rings. The van der Waals surface area contributed by atoms with Crippen LogP contribution in [0.2, 0.25) is 5.15 Å². The van der Waals surface area contributed by atoms with E-state index < -0.39 is 22.0 Å².